The third-order valence-electron chi connectivity index (χ3n) is 4.52. The van der Waals surface area contributed by atoms with Crippen molar-refractivity contribution in [2.45, 2.75) is 25.6 Å². The van der Waals surface area contributed by atoms with Gasteiger partial charge in [-0.05, 0) is 46.7 Å². The van der Waals surface area contributed by atoms with Crippen molar-refractivity contribution >= 4 is 17.2 Å². The van der Waals surface area contributed by atoms with Crippen LogP contribution in [0.2, 0.25) is 0 Å². The molecule has 0 fully saturated rings. The van der Waals surface area contributed by atoms with Crippen LogP contribution in [0.5, 0.6) is 5.75 Å². The monoisotopic (exact) mass is 386 g/mol. The summed E-state index contributed by atoms with van der Waals surface area (Å²) < 4.78 is 26.5. The van der Waals surface area contributed by atoms with Crippen LogP contribution < -0.4 is 10.1 Å². The number of hydrogen-bond donors (Lipinski definition) is 1. The van der Waals surface area contributed by atoms with Crippen molar-refractivity contribution in [1.29, 1.82) is 0 Å². The molecule has 1 atom stereocenters. The smallest absolute Gasteiger partial charge is 0.222 e. The maximum atomic E-state index is 13.8. The van der Waals surface area contributed by atoms with Gasteiger partial charge < -0.3 is 19.4 Å². The van der Waals surface area contributed by atoms with E-state index < -0.39 is 0 Å². The quantitative estimate of drug-likeness (QED) is 0.700. The Morgan fingerprint density at radius 2 is 2.19 bits per heavy atom. The van der Waals surface area contributed by atoms with Gasteiger partial charge in [-0.15, -0.1) is 0 Å². The molecule has 0 bridgehead atoms. The van der Waals surface area contributed by atoms with Gasteiger partial charge in [-0.2, -0.15) is 11.3 Å². The standard InChI is InChI=1S/C20H19FN2O3S/c21-17-7-15(20-16(8-17)11-25-13-26-20)10-22-19(24)9-18(14-3-6-27-12-14)23-4-1-2-5-23/h1-8,12,18H,9-11,13H2,(H,22,24)/t18-/m1/s1. The van der Waals surface area contributed by atoms with Crippen LogP contribution in [0.1, 0.15) is 29.2 Å². The first-order valence-electron chi connectivity index (χ1n) is 8.64. The van der Waals surface area contributed by atoms with Gasteiger partial charge in [0.1, 0.15) is 11.6 Å². The van der Waals surface area contributed by atoms with Gasteiger partial charge in [0.15, 0.2) is 6.79 Å². The van der Waals surface area contributed by atoms with Crippen LogP contribution in [0.15, 0.2) is 53.5 Å². The molecule has 3 heterocycles. The highest BCUT2D eigenvalue weighted by molar-refractivity contribution is 7.08. The number of carbonyl (C=O) groups excluding carboxylic acids is 1. The van der Waals surface area contributed by atoms with Crippen molar-refractivity contribution < 1.29 is 18.7 Å². The molecule has 0 saturated carbocycles. The Morgan fingerprint density at radius 3 is 2.96 bits per heavy atom. The van der Waals surface area contributed by atoms with Crippen molar-refractivity contribution in [2.75, 3.05) is 6.79 Å². The van der Waals surface area contributed by atoms with E-state index in [1.807, 2.05) is 40.5 Å². The van der Waals surface area contributed by atoms with E-state index in [0.29, 0.717) is 29.9 Å². The average Bonchev–Trinajstić information content (AvgIpc) is 3.38. The zero-order chi connectivity index (χ0) is 18.6. The number of fused-ring (bicyclic) bond motifs is 1. The molecule has 27 heavy (non-hydrogen) atoms. The van der Waals surface area contributed by atoms with Crippen LogP contribution in [0.3, 0.4) is 0 Å². The molecule has 1 aromatic carbocycles. The number of ether oxygens (including phenoxy) is 2. The molecule has 0 radical (unpaired) electrons. The largest absolute Gasteiger partial charge is 0.467 e. The number of hydrogen-bond acceptors (Lipinski definition) is 4. The molecule has 3 aromatic rings. The zero-order valence-corrected chi connectivity index (χ0v) is 15.4. The number of thiophene rings is 1. The number of aromatic nitrogens is 1. The molecule has 1 aliphatic rings. The summed E-state index contributed by atoms with van der Waals surface area (Å²) in [5.41, 5.74) is 2.37. The number of rotatable bonds is 6. The molecule has 7 heteroatoms. The van der Waals surface area contributed by atoms with Crippen LogP contribution in [-0.2, 0) is 22.7 Å². The molecule has 1 aliphatic heterocycles. The zero-order valence-electron chi connectivity index (χ0n) is 14.6. The van der Waals surface area contributed by atoms with E-state index in [4.69, 9.17) is 9.47 Å². The molecule has 1 amide bonds. The predicted molar refractivity (Wildman–Crippen MR) is 100 cm³/mol. The van der Waals surface area contributed by atoms with Gasteiger partial charge in [-0.1, -0.05) is 0 Å². The van der Waals surface area contributed by atoms with Gasteiger partial charge in [-0.25, -0.2) is 4.39 Å². The molecule has 140 valence electrons. The van der Waals surface area contributed by atoms with E-state index in [0.717, 1.165) is 5.56 Å². The number of carbonyl (C=O) groups is 1. The van der Waals surface area contributed by atoms with Crippen LogP contribution in [0.4, 0.5) is 4.39 Å². The van der Waals surface area contributed by atoms with Crippen molar-refractivity contribution in [3.05, 3.63) is 76.0 Å². The average molecular weight is 386 g/mol. The second kappa shape index (κ2) is 7.94. The normalized spacial score (nSPS) is 14.3. The topological polar surface area (TPSA) is 52.5 Å². The van der Waals surface area contributed by atoms with Crippen molar-refractivity contribution in [2.24, 2.45) is 0 Å². The van der Waals surface area contributed by atoms with E-state index in [2.05, 4.69) is 10.7 Å². The molecule has 0 aliphatic carbocycles. The van der Waals surface area contributed by atoms with E-state index in [-0.39, 0.29) is 31.1 Å². The Morgan fingerprint density at radius 1 is 1.33 bits per heavy atom. The Balaban J connectivity index is 1.46. The first kappa shape index (κ1) is 17.8. The maximum Gasteiger partial charge on any atom is 0.222 e. The summed E-state index contributed by atoms with van der Waals surface area (Å²) in [6, 6.07) is 8.63. The number of nitrogens with zero attached hydrogens (tertiary/aromatic N) is 1. The van der Waals surface area contributed by atoms with Gasteiger partial charge in [0.2, 0.25) is 5.91 Å². The van der Waals surface area contributed by atoms with Gasteiger partial charge in [0.05, 0.1) is 19.1 Å². The predicted octanol–water partition coefficient (Wildman–Crippen LogP) is 3.85. The third-order valence-corrected chi connectivity index (χ3v) is 5.22. The molecule has 0 unspecified atom stereocenters. The summed E-state index contributed by atoms with van der Waals surface area (Å²) in [4.78, 5) is 12.6. The minimum Gasteiger partial charge on any atom is -0.467 e. The molecule has 4 rings (SSSR count). The van der Waals surface area contributed by atoms with Gasteiger partial charge in [0, 0.05) is 30.1 Å². The second-order valence-electron chi connectivity index (χ2n) is 6.35. The van der Waals surface area contributed by atoms with Crippen LogP contribution in [-0.4, -0.2) is 17.3 Å². The molecule has 2 aromatic heterocycles. The van der Waals surface area contributed by atoms with Gasteiger partial charge >= 0.3 is 0 Å². The lowest BCUT2D eigenvalue weighted by Gasteiger charge is -2.21. The van der Waals surface area contributed by atoms with Gasteiger partial charge in [-0.3, -0.25) is 4.79 Å². The first-order valence-corrected chi connectivity index (χ1v) is 9.58. The molecule has 0 spiro atoms. The van der Waals surface area contributed by atoms with Crippen LogP contribution >= 0.6 is 11.3 Å². The van der Waals surface area contributed by atoms with Crippen molar-refractivity contribution in [3.8, 4) is 5.75 Å². The number of halogens is 1. The fourth-order valence-corrected chi connectivity index (χ4v) is 3.95. The fourth-order valence-electron chi connectivity index (χ4n) is 3.25. The fraction of sp³-hybridized carbons (Fsp3) is 0.250. The summed E-state index contributed by atoms with van der Waals surface area (Å²) in [6.07, 6.45) is 4.20. The minimum atomic E-state index is -0.365. The molecule has 5 nitrogen and oxygen atoms in total. The first-order chi connectivity index (χ1) is 13.2. The van der Waals surface area contributed by atoms with E-state index >= 15 is 0 Å². The Hall–Kier alpha value is -2.64. The van der Waals surface area contributed by atoms with E-state index in [1.165, 1.54) is 12.1 Å². The lowest BCUT2D eigenvalue weighted by molar-refractivity contribution is -0.121. The Labute approximate surface area is 160 Å². The van der Waals surface area contributed by atoms with Crippen LogP contribution in [0, 0.1) is 5.82 Å². The Bertz CT molecular complexity index is 875. The number of nitrogens with one attached hydrogen (secondary N) is 1. The summed E-state index contributed by atoms with van der Waals surface area (Å²) in [5.74, 6) is 0.128. The highest BCUT2D eigenvalue weighted by atomic mass is 32.1. The lowest BCUT2D eigenvalue weighted by Crippen LogP contribution is -2.27. The summed E-state index contributed by atoms with van der Waals surface area (Å²) in [7, 11) is 0. The second-order valence-corrected chi connectivity index (χ2v) is 7.13. The summed E-state index contributed by atoms with van der Waals surface area (Å²) >= 11 is 1.60. The van der Waals surface area contributed by atoms with Crippen molar-refractivity contribution in [3.63, 3.8) is 0 Å². The Kier molecular flexibility index (Phi) is 5.22. The summed E-state index contributed by atoms with van der Waals surface area (Å²) in [5, 5.41) is 6.95. The van der Waals surface area contributed by atoms with Crippen molar-refractivity contribution in [1.82, 2.24) is 9.88 Å². The number of amides is 1. The summed E-state index contributed by atoms with van der Waals surface area (Å²) in [6.45, 7) is 0.649. The van der Waals surface area contributed by atoms with Crippen LogP contribution in [0.25, 0.3) is 0 Å². The molecular weight excluding hydrogens is 367 g/mol. The van der Waals surface area contributed by atoms with Gasteiger partial charge in [0.25, 0.3) is 0 Å². The molecule has 0 saturated heterocycles. The molecule has 1 N–H and O–H groups in total. The highest BCUT2D eigenvalue weighted by Crippen LogP contribution is 2.29. The minimum absolute atomic E-state index is 0.0719. The highest BCUT2D eigenvalue weighted by Gasteiger charge is 2.20. The van der Waals surface area contributed by atoms with E-state index in [9.17, 15) is 9.18 Å². The maximum absolute atomic E-state index is 13.8. The number of benzene rings is 1. The lowest BCUT2D eigenvalue weighted by atomic mass is 10.1. The third kappa shape index (κ3) is 4.04. The SMILES string of the molecule is O=C(C[C@H](c1ccsc1)n1cccc1)NCc1cc(F)cc2c1OCOC2. The molecular formula is C20H19FN2O3S. The van der Waals surface area contributed by atoms with E-state index in [1.54, 1.807) is 11.3 Å².